The SMILES string of the molecule is C=CC1=C2/C=c3\[nH]c(c(CC)\c3=C\O)/C=c3\[nH]c4c(c3C)C(=O)[C@H](C(=O)OC)C=4C3N/C(=C\[C@](O)(N2)C1C)[C@@H](C)[C@@H]3CCC(=O)O. The number of aliphatic carboxylic acids is 1. The van der Waals surface area contributed by atoms with Gasteiger partial charge in [-0.05, 0) is 66.2 Å². The smallest absolute Gasteiger partial charge is 0.320 e. The van der Waals surface area contributed by atoms with Gasteiger partial charge in [0, 0.05) is 51.5 Å². The van der Waals surface area contributed by atoms with Crippen LogP contribution in [-0.2, 0) is 20.7 Å². The molecule has 0 spiro atoms. The number of fused-ring (bicyclic) bond motifs is 8. The average Bonchev–Trinajstić information content (AvgIpc) is 3.75. The summed E-state index contributed by atoms with van der Waals surface area (Å²) in [5.41, 5.74) is 3.62. The second-order valence-electron chi connectivity index (χ2n) is 12.7. The molecular formula is C35H40N4O7. The molecule has 2 aromatic heterocycles. The molecule has 8 bridgehead atoms. The van der Waals surface area contributed by atoms with Crippen molar-refractivity contribution < 1.29 is 34.4 Å². The first-order valence-corrected chi connectivity index (χ1v) is 15.6. The van der Waals surface area contributed by atoms with E-state index in [9.17, 15) is 29.7 Å². The Morgan fingerprint density at radius 3 is 2.54 bits per heavy atom. The molecule has 242 valence electrons. The molecule has 6 rings (SSSR count). The lowest BCUT2D eigenvalue weighted by atomic mass is 9.80. The lowest BCUT2D eigenvalue weighted by molar-refractivity contribution is -0.142. The molecule has 0 amide bonds. The van der Waals surface area contributed by atoms with Crippen molar-refractivity contribution in [2.24, 2.45) is 23.7 Å². The number of aliphatic hydroxyl groups excluding tert-OH is 1. The molecule has 3 aliphatic heterocycles. The summed E-state index contributed by atoms with van der Waals surface area (Å²) in [5, 5.41) is 41.3. The number of rotatable bonds is 6. The zero-order valence-electron chi connectivity index (χ0n) is 26.6. The maximum Gasteiger partial charge on any atom is 0.320 e. The summed E-state index contributed by atoms with van der Waals surface area (Å²) >= 11 is 0. The molecule has 46 heavy (non-hydrogen) atoms. The third kappa shape index (κ3) is 4.55. The molecule has 6 atom stereocenters. The highest BCUT2D eigenvalue weighted by Gasteiger charge is 2.50. The third-order valence-electron chi connectivity index (χ3n) is 10.4. The minimum absolute atomic E-state index is 0.112. The number of carboxylic acids is 1. The molecule has 0 saturated carbocycles. The number of nitrogens with one attached hydrogen (secondary N) is 4. The Hall–Kier alpha value is -4.77. The van der Waals surface area contributed by atoms with Gasteiger partial charge >= 0.3 is 11.9 Å². The first-order chi connectivity index (χ1) is 21.9. The van der Waals surface area contributed by atoms with Crippen LogP contribution < -0.4 is 31.9 Å². The number of esters is 1. The van der Waals surface area contributed by atoms with E-state index in [1.54, 1.807) is 12.2 Å². The Morgan fingerprint density at radius 2 is 1.91 bits per heavy atom. The van der Waals surface area contributed by atoms with Crippen LogP contribution in [0.4, 0.5) is 0 Å². The predicted molar refractivity (Wildman–Crippen MR) is 172 cm³/mol. The van der Waals surface area contributed by atoms with Crippen LogP contribution in [0.3, 0.4) is 0 Å². The van der Waals surface area contributed by atoms with E-state index in [2.05, 4.69) is 27.2 Å². The number of hydrogen-bond donors (Lipinski definition) is 7. The highest BCUT2D eigenvalue weighted by atomic mass is 16.5. The van der Waals surface area contributed by atoms with Crippen molar-refractivity contribution in [3.05, 3.63) is 79.3 Å². The van der Waals surface area contributed by atoms with E-state index in [0.29, 0.717) is 55.8 Å². The fraction of sp³-hybridized carbons (Fsp3) is 0.400. The van der Waals surface area contributed by atoms with Crippen LogP contribution in [0.5, 0.6) is 0 Å². The van der Waals surface area contributed by atoms with Gasteiger partial charge in [0.15, 0.2) is 11.5 Å². The molecule has 1 aliphatic carbocycles. The largest absolute Gasteiger partial charge is 0.515 e. The number of ketones is 1. The number of Topliss-reactive ketones (excluding diaryl/α,β-unsaturated/α-hetero) is 1. The van der Waals surface area contributed by atoms with Gasteiger partial charge < -0.3 is 40.7 Å². The van der Waals surface area contributed by atoms with Crippen LogP contribution in [0.15, 0.2) is 35.7 Å². The van der Waals surface area contributed by atoms with Crippen molar-refractivity contribution in [3.63, 3.8) is 0 Å². The number of carboxylic acid groups (broad SMARTS) is 1. The first kappa shape index (κ1) is 31.2. The Morgan fingerprint density at radius 1 is 1.17 bits per heavy atom. The summed E-state index contributed by atoms with van der Waals surface area (Å²) in [6.07, 6.45) is 8.96. The van der Waals surface area contributed by atoms with Crippen molar-refractivity contribution in [1.82, 2.24) is 20.6 Å². The predicted octanol–water partition coefficient (Wildman–Crippen LogP) is 0.610. The molecule has 4 aliphatic rings. The third-order valence-corrected chi connectivity index (χ3v) is 10.4. The molecule has 0 radical (unpaired) electrons. The highest BCUT2D eigenvalue weighted by molar-refractivity contribution is 6.19. The molecule has 7 N–H and O–H groups in total. The van der Waals surface area contributed by atoms with Crippen LogP contribution in [0.1, 0.15) is 60.8 Å². The number of carbonyl (C=O) groups excluding carboxylic acids is 2. The minimum Gasteiger partial charge on any atom is -0.515 e. The maximum absolute atomic E-state index is 14.1. The minimum atomic E-state index is -1.56. The van der Waals surface area contributed by atoms with Gasteiger partial charge in [-0.3, -0.25) is 14.4 Å². The summed E-state index contributed by atoms with van der Waals surface area (Å²) in [5.74, 6) is -4.27. The number of aromatic amines is 2. The average molecular weight is 629 g/mol. The van der Waals surface area contributed by atoms with E-state index >= 15 is 0 Å². The van der Waals surface area contributed by atoms with E-state index in [0.717, 1.165) is 23.1 Å². The number of allylic oxidation sites excluding steroid dienone is 3. The van der Waals surface area contributed by atoms with Crippen LogP contribution in [0.25, 0.3) is 24.0 Å². The van der Waals surface area contributed by atoms with Gasteiger partial charge in [-0.15, -0.1) is 0 Å². The molecule has 11 heteroatoms. The van der Waals surface area contributed by atoms with Gasteiger partial charge in [-0.1, -0.05) is 33.4 Å². The number of aliphatic hydroxyl groups is 2. The monoisotopic (exact) mass is 628 g/mol. The van der Waals surface area contributed by atoms with E-state index in [-0.39, 0.29) is 30.5 Å². The lowest BCUT2D eigenvalue weighted by Gasteiger charge is -2.28. The number of aromatic nitrogens is 2. The first-order valence-electron chi connectivity index (χ1n) is 15.6. The molecule has 1 saturated heterocycles. The molecule has 1 fully saturated rings. The van der Waals surface area contributed by atoms with Gasteiger partial charge in [-0.25, -0.2) is 0 Å². The Bertz CT molecular complexity index is 2010. The molecule has 0 aromatic carbocycles. The van der Waals surface area contributed by atoms with Gasteiger partial charge in [0.05, 0.1) is 30.1 Å². The maximum atomic E-state index is 14.1. The second kappa shape index (κ2) is 11.2. The van der Waals surface area contributed by atoms with Crippen molar-refractivity contribution in [1.29, 1.82) is 0 Å². The van der Waals surface area contributed by atoms with Crippen molar-refractivity contribution in [2.75, 3.05) is 7.11 Å². The normalized spacial score (nSPS) is 31.0. The van der Waals surface area contributed by atoms with Gasteiger partial charge in [0.25, 0.3) is 0 Å². The fourth-order valence-electron chi connectivity index (χ4n) is 7.84. The van der Waals surface area contributed by atoms with Crippen molar-refractivity contribution in [3.8, 4) is 0 Å². The Kier molecular flexibility index (Phi) is 7.63. The van der Waals surface area contributed by atoms with Crippen LogP contribution >= 0.6 is 0 Å². The summed E-state index contributed by atoms with van der Waals surface area (Å²) in [7, 11) is 1.24. The van der Waals surface area contributed by atoms with E-state index in [1.165, 1.54) is 7.11 Å². The number of H-pyrrole nitrogens is 2. The Balaban J connectivity index is 1.73. The quantitative estimate of drug-likeness (QED) is 0.179. The highest BCUT2D eigenvalue weighted by Crippen LogP contribution is 2.43. The summed E-state index contributed by atoms with van der Waals surface area (Å²) < 4.78 is 5.13. The summed E-state index contributed by atoms with van der Waals surface area (Å²) in [4.78, 5) is 45.9. The molecule has 11 nitrogen and oxygen atoms in total. The number of carbonyl (C=O) groups is 3. The standard InChI is InChI=1S/C35H40N4O7/c1-7-18-17(5)35(45)13-26-15(3)20(9-10-27(41)42)31(38-26)29-30(34(44)46-6)33(43)28-16(4)22(37-32(28)29)11-23-19(8-2)21(14-40)24(36-23)12-25(18)39-35/h7,11-15,17,20,30-31,36-40,45H,1,8-10H2,2-6H3,(H,41,42)/b21-14-,22-11-,24-12-,26-13-/t15-,17?,20-,30+,31?,35+/m0/s1. The van der Waals surface area contributed by atoms with Crippen LogP contribution in [0, 0.1) is 30.6 Å². The molecule has 5 heterocycles. The Labute approximate surface area is 265 Å². The van der Waals surface area contributed by atoms with E-state index in [4.69, 9.17) is 4.74 Å². The van der Waals surface area contributed by atoms with Crippen molar-refractivity contribution >= 4 is 41.7 Å². The molecular weight excluding hydrogens is 588 g/mol. The summed E-state index contributed by atoms with van der Waals surface area (Å²) in [6, 6.07) is -0.606. The zero-order chi connectivity index (χ0) is 33.2. The van der Waals surface area contributed by atoms with E-state index < -0.39 is 35.5 Å². The molecule has 2 unspecified atom stereocenters. The number of ether oxygens (including phenoxy) is 1. The molecule has 2 aromatic rings. The van der Waals surface area contributed by atoms with Gasteiger partial charge in [-0.2, -0.15) is 0 Å². The van der Waals surface area contributed by atoms with E-state index in [1.807, 2.05) is 39.8 Å². The topological polar surface area (TPSA) is 177 Å². The van der Waals surface area contributed by atoms with Gasteiger partial charge in [0.1, 0.15) is 5.92 Å². The van der Waals surface area contributed by atoms with Gasteiger partial charge in [0.2, 0.25) is 0 Å². The van der Waals surface area contributed by atoms with Crippen molar-refractivity contribution in [2.45, 2.75) is 58.7 Å². The summed E-state index contributed by atoms with van der Waals surface area (Å²) in [6.45, 7) is 11.6. The number of hydrogen-bond acceptors (Lipinski definition) is 8. The lowest BCUT2D eigenvalue weighted by Crippen LogP contribution is -2.44. The van der Waals surface area contributed by atoms with Crippen LogP contribution in [-0.4, -0.2) is 61.9 Å². The second-order valence-corrected chi connectivity index (χ2v) is 12.7. The number of methoxy groups -OCH3 is 1. The fourth-order valence-corrected chi connectivity index (χ4v) is 7.84. The van der Waals surface area contributed by atoms with Crippen LogP contribution in [0.2, 0.25) is 0 Å². The zero-order valence-corrected chi connectivity index (χ0v) is 26.6.